The maximum atomic E-state index is 12.8. The summed E-state index contributed by atoms with van der Waals surface area (Å²) < 4.78 is 83.0. The van der Waals surface area contributed by atoms with Crippen molar-refractivity contribution in [2.45, 2.75) is 39.5 Å². The molecule has 0 bridgehead atoms. The minimum absolute atomic E-state index is 0.0137. The number of hydrogen-bond acceptors (Lipinski definition) is 7. The van der Waals surface area contributed by atoms with Crippen LogP contribution in [0.3, 0.4) is 0 Å². The monoisotopic (exact) mass is 456 g/mol. The molecular formula is C18H23F3O8S. The van der Waals surface area contributed by atoms with Gasteiger partial charge in [-0.2, -0.15) is 21.6 Å². The van der Waals surface area contributed by atoms with Gasteiger partial charge < -0.3 is 14.2 Å². The van der Waals surface area contributed by atoms with Gasteiger partial charge in [-0.3, -0.25) is 9.35 Å². The minimum atomic E-state index is -5.18. The van der Waals surface area contributed by atoms with E-state index < -0.39 is 39.5 Å². The Labute approximate surface area is 172 Å². The molecule has 170 valence electrons. The smallest absolute Gasteiger partial charge is 0.426 e. The maximum absolute atomic E-state index is 12.8. The van der Waals surface area contributed by atoms with Gasteiger partial charge in [0, 0.05) is 0 Å². The lowest BCUT2D eigenvalue weighted by atomic mass is 9.91. The van der Waals surface area contributed by atoms with E-state index in [0.717, 1.165) is 12.1 Å². The Morgan fingerprint density at radius 2 is 1.67 bits per heavy atom. The molecule has 12 heteroatoms. The highest BCUT2D eigenvalue weighted by Crippen LogP contribution is 2.25. The van der Waals surface area contributed by atoms with Crippen molar-refractivity contribution in [3.63, 3.8) is 0 Å². The summed E-state index contributed by atoms with van der Waals surface area (Å²) in [5.74, 6) is -3.36. The van der Waals surface area contributed by atoms with E-state index in [1.165, 1.54) is 12.1 Å². The molecular weight excluding hydrogens is 433 g/mol. The fourth-order valence-electron chi connectivity index (χ4n) is 1.90. The number of esters is 2. The zero-order valence-electron chi connectivity index (χ0n) is 16.6. The number of carbonyl (C=O) groups excluding carboxylic acids is 2. The van der Waals surface area contributed by atoms with Crippen LogP contribution in [0.4, 0.5) is 13.2 Å². The maximum Gasteiger partial charge on any atom is 0.426 e. The molecule has 0 saturated heterocycles. The van der Waals surface area contributed by atoms with Gasteiger partial charge in [0.2, 0.25) is 6.10 Å². The van der Waals surface area contributed by atoms with Crippen molar-refractivity contribution in [2.75, 3.05) is 19.0 Å². The van der Waals surface area contributed by atoms with Gasteiger partial charge in [-0.25, -0.2) is 4.79 Å². The molecule has 0 aliphatic heterocycles. The molecule has 1 aromatic rings. The van der Waals surface area contributed by atoms with Crippen molar-refractivity contribution < 1.29 is 49.9 Å². The van der Waals surface area contributed by atoms with Crippen LogP contribution in [0, 0.1) is 5.41 Å². The summed E-state index contributed by atoms with van der Waals surface area (Å²) in [4.78, 5) is 23.7. The quantitative estimate of drug-likeness (QED) is 0.325. The first-order valence-electron chi connectivity index (χ1n) is 8.78. The third-order valence-electron chi connectivity index (χ3n) is 4.09. The second-order valence-corrected chi connectivity index (χ2v) is 8.43. The van der Waals surface area contributed by atoms with Crippen LogP contribution in [0.5, 0.6) is 5.75 Å². The molecule has 0 saturated carbocycles. The van der Waals surface area contributed by atoms with Crippen LogP contribution < -0.4 is 4.74 Å². The lowest BCUT2D eigenvalue weighted by Gasteiger charge is -2.20. The molecule has 0 spiro atoms. The molecule has 0 aromatic heterocycles. The molecule has 0 heterocycles. The summed E-state index contributed by atoms with van der Waals surface area (Å²) in [7, 11) is -5.02. The Hall–Kier alpha value is -2.34. The first-order chi connectivity index (χ1) is 13.7. The first kappa shape index (κ1) is 25.7. The second-order valence-electron chi connectivity index (χ2n) is 6.93. The Balaban J connectivity index is 2.62. The minimum Gasteiger partial charge on any atom is -0.490 e. The van der Waals surface area contributed by atoms with E-state index in [-0.39, 0.29) is 30.5 Å². The molecule has 0 radical (unpaired) electrons. The predicted molar refractivity (Wildman–Crippen MR) is 98.6 cm³/mol. The molecule has 1 rings (SSSR count). The number of benzene rings is 1. The normalized spacial score (nSPS) is 13.4. The second kappa shape index (κ2) is 10.1. The van der Waals surface area contributed by atoms with Crippen LogP contribution in [-0.4, -0.2) is 56.2 Å². The van der Waals surface area contributed by atoms with Crippen LogP contribution in [-0.2, 0) is 24.4 Å². The predicted octanol–water partition coefficient (Wildman–Crippen LogP) is 3.02. The number of rotatable bonds is 10. The number of halogens is 3. The largest absolute Gasteiger partial charge is 0.490 e. The summed E-state index contributed by atoms with van der Waals surface area (Å²) >= 11 is 0. The van der Waals surface area contributed by atoms with E-state index in [1.54, 1.807) is 13.8 Å². The molecule has 0 fully saturated rings. The van der Waals surface area contributed by atoms with Gasteiger partial charge in [0.15, 0.2) is 0 Å². The third kappa shape index (κ3) is 8.57. The molecule has 1 unspecified atom stereocenters. The fraction of sp³-hybridized carbons (Fsp3) is 0.556. The van der Waals surface area contributed by atoms with Crippen LogP contribution >= 0.6 is 0 Å². The van der Waals surface area contributed by atoms with Crippen molar-refractivity contribution in [1.82, 2.24) is 0 Å². The van der Waals surface area contributed by atoms with Gasteiger partial charge in [-0.05, 0) is 44.5 Å². The van der Waals surface area contributed by atoms with Crippen molar-refractivity contribution >= 4 is 22.1 Å². The molecule has 30 heavy (non-hydrogen) atoms. The summed E-state index contributed by atoms with van der Waals surface area (Å²) in [6.45, 7) is 5.33. The van der Waals surface area contributed by atoms with Crippen LogP contribution in [0.25, 0.3) is 0 Å². The highest BCUT2D eigenvalue weighted by Gasteiger charge is 2.45. The van der Waals surface area contributed by atoms with Gasteiger partial charge in [-0.15, -0.1) is 0 Å². The van der Waals surface area contributed by atoms with Crippen molar-refractivity contribution in [1.29, 1.82) is 0 Å². The van der Waals surface area contributed by atoms with E-state index in [0.29, 0.717) is 6.42 Å². The first-order valence-corrected chi connectivity index (χ1v) is 10.4. The molecule has 1 atom stereocenters. The van der Waals surface area contributed by atoms with Crippen LogP contribution in [0.1, 0.15) is 37.6 Å². The van der Waals surface area contributed by atoms with E-state index in [9.17, 15) is 31.2 Å². The number of ether oxygens (including phenoxy) is 3. The van der Waals surface area contributed by atoms with Crippen LogP contribution in [0.2, 0.25) is 0 Å². The average molecular weight is 456 g/mol. The van der Waals surface area contributed by atoms with Crippen molar-refractivity contribution in [3.05, 3.63) is 29.8 Å². The summed E-state index contributed by atoms with van der Waals surface area (Å²) in [6, 6.07) is 4.79. The van der Waals surface area contributed by atoms with Crippen molar-refractivity contribution in [3.8, 4) is 5.75 Å². The highest BCUT2D eigenvalue weighted by molar-refractivity contribution is 7.85. The number of alkyl halides is 3. The summed E-state index contributed by atoms with van der Waals surface area (Å²) in [6.07, 6.45) is -7.60. The Kier molecular flexibility index (Phi) is 8.66. The Bertz CT molecular complexity index is 832. The van der Waals surface area contributed by atoms with Gasteiger partial charge in [0.1, 0.15) is 24.7 Å². The van der Waals surface area contributed by atoms with E-state index in [1.807, 2.05) is 6.92 Å². The zero-order chi connectivity index (χ0) is 23.2. The third-order valence-corrected chi connectivity index (χ3v) is 4.81. The summed E-state index contributed by atoms with van der Waals surface area (Å²) in [5, 5.41) is 0. The molecule has 0 amide bonds. The summed E-state index contributed by atoms with van der Waals surface area (Å²) in [5.41, 5.74) is -0.908. The van der Waals surface area contributed by atoms with Gasteiger partial charge in [0.25, 0.3) is 10.1 Å². The topological polar surface area (TPSA) is 116 Å². The molecule has 8 nitrogen and oxygen atoms in total. The standard InChI is InChI=1S/C18H23F3O8S/c1-4-17(2,3)16(23)28-10-9-27-13-7-5-12(6-8-13)15(22)29-14(18(19,20)21)11-30(24,25)26/h5-8,14H,4,9-11H2,1-3H3,(H,24,25,26). The van der Waals surface area contributed by atoms with E-state index in [4.69, 9.17) is 14.0 Å². The Morgan fingerprint density at radius 3 is 2.13 bits per heavy atom. The van der Waals surface area contributed by atoms with Crippen LogP contribution in [0.15, 0.2) is 24.3 Å². The molecule has 0 aliphatic rings. The van der Waals surface area contributed by atoms with Gasteiger partial charge in [-0.1, -0.05) is 6.92 Å². The highest BCUT2D eigenvalue weighted by atomic mass is 32.2. The fourth-order valence-corrected chi connectivity index (χ4v) is 2.54. The number of carbonyl (C=O) groups is 2. The lowest BCUT2D eigenvalue weighted by molar-refractivity contribution is -0.197. The van der Waals surface area contributed by atoms with Gasteiger partial charge in [0.05, 0.1) is 11.0 Å². The van der Waals surface area contributed by atoms with E-state index >= 15 is 0 Å². The Morgan fingerprint density at radius 1 is 1.10 bits per heavy atom. The average Bonchev–Trinajstić information content (AvgIpc) is 2.63. The molecule has 1 aromatic carbocycles. The van der Waals surface area contributed by atoms with Gasteiger partial charge >= 0.3 is 18.1 Å². The SMILES string of the molecule is CCC(C)(C)C(=O)OCCOc1ccc(C(=O)OC(CS(=O)(=O)O)C(F)(F)F)cc1. The van der Waals surface area contributed by atoms with Crippen molar-refractivity contribution in [2.24, 2.45) is 5.41 Å². The molecule has 1 N–H and O–H groups in total. The van der Waals surface area contributed by atoms with E-state index in [2.05, 4.69) is 4.74 Å². The lowest BCUT2D eigenvalue weighted by Crippen LogP contribution is -2.39. The number of hydrogen-bond donors (Lipinski definition) is 1. The zero-order valence-corrected chi connectivity index (χ0v) is 17.4. The molecule has 0 aliphatic carbocycles.